The SMILES string of the molecule is Nc1cccc2cc(C(=O)Nc3ncnc(Cl)c3Cl)[nH]c12. The Kier molecular flexibility index (Phi) is 3.40. The quantitative estimate of drug-likeness (QED) is 0.499. The van der Waals surface area contributed by atoms with E-state index in [4.69, 9.17) is 28.9 Å². The van der Waals surface area contributed by atoms with Gasteiger partial charge in [-0.2, -0.15) is 0 Å². The Labute approximate surface area is 129 Å². The number of para-hydroxylation sites is 1. The van der Waals surface area contributed by atoms with E-state index in [0.29, 0.717) is 16.9 Å². The lowest BCUT2D eigenvalue weighted by Gasteiger charge is -2.05. The summed E-state index contributed by atoms with van der Waals surface area (Å²) in [5.41, 5.74) is 7.45. The van der Waals surface area contributed by atoms with Crippen LogP contribution in [-0.4, -0.2) is 20.9 Å². The number of fused-ring (bicyclic) bond motifs is 1. The average Bonchev–Trinajstić information content (AvgIpc) is 2.89. The molecule has 2 aromatic heterocycles. The third-order valence-corrected chi connectivity index (χ3v) is 3.65. The van der Waals surface area contributed by atoms with Crippen molar-refractivity contribution in [1.29, 1.82) is 0 Å². The Bertz CT molecular complexity index is 846. The predicted octanol–water partition coefficient (Wildman–Crippen LogP) is 3.10. The summed E-state index contributed by atoms with van der Waals surface area (Å²) in [5, 5.41) is 3.57. The van der Waals surface area contributed by atoms with Gasteiger partial charge >= 0.3 is 0 Å². The molecule has 21 heavy (non-hydrogen) atoms. The fraction of sp³-hybridized carbons (Fsp3) is 0. The van der Waals surface area contributed by atoms with Crippen LogP contribution < -0.4 is 11.1 Å². The minimum atomic E-state index is -0.401. The van der Waals surface area contributed by atoms with E-state index in [1.54, 1.807) is 12.1 Å². The molecule has 4 N–H and O–H groups in total. The molecule has 0 aliphatic carbocycles. The van der Waals surface area contributed by atoms with Crippen molar-refractivity contribution >= 4 is 51.5 Å². The molecular weight excluding hydrogens is 313 g/mol. The van der Waals surface area contributed by atoms with Crippen LogP contribution in [0.1, 0.15) is 10.5 Å². The van der Waals surface area contributed by atoms with Gasteiger partial charge in [0.15, 0.2) is 11.0 Å². The fourth-order valence-corrected chi connectivity index (χ4v) is 2.19. The number of nitrogen functional groups attached to an aromatic ring is 1. The van der Waals surface area contributed by atoms with Crippen molar-refractivity contribution < 1.29 is 4.79 Å². The monoisotopic (exact) mass is 321 g/mol. The molecule has 0 fully saturated rings. The van der Waals surface area contributed by atoms with E-state index < -0.39 is 5.91 Å². The van der Waals surface area contributed by atoms with Crippen molar-refractivity contribution in [3.05, 3.63) is 46.5 Å². The number of amides is 1. The van der Waals surface area contributed by atoms with Gasteiger partial charge in [0.2, 0.25) is 0 Å². The number of benzene rings is 1. The molecule has 106 valence electrons. The fourth-order valence-electron chi connectivity index (χ4n) is 1.91. The molecule has 1 amide bonds. The molecule has 0 atom stereocenters. The lowest BCUT2D eigenvalue weighted by atomic mass is 10.2. The Balaban J connectivity index is 1.94. The Morgan fingerprint density at radius 1 is 1.29 bits per heavy atom. The van der Waals surface area contributed by atoms with Crippen LogP contribution in [-0.2, 0) is 0 Å². The number of carbonyl (C=O) groups excluding carboxylic acids is 1. The highest BCUT2D eigenvalue weighted by Crippen LogP contribution is 2.26. The first-order chi connectivity index (χ1) is 10.1. The van der Waals surface area contributed by atoms with Gasteiger partial charge in [-0.1, -0.05) is 35.3 Å². The molecule has 0 saturated carbocycles. The molecule has 6 nitrogen and oxygen atoms in total. The van der Waals surface area contributed by atoms with E-state index >= 15 is 0 Å². The number of aromatic nitrogens is 3. The van der Waals surface area contributed by atoms with Crippen molar-refractivity contribution in [3.63, 3.8) is 0 Å². The Morgan fingerprint density at radius 2 is 2.10 bits per heavy atom. The maximum absolute atomic E-state index is 12.2. The third kappa shape index (κ3) is 2.51. The van der Waals surface area contributed by atoms with Crippen LogP contribution in [0.25, 0.3) is 10.9 Å². The molecule has 0 saturated heterocycles. The van der Waals surface area contributed by atoms with Crippen LogP contribution in [0.3, 0.4) is 0 Å². The molecule has 0 aliphatic heterocycles. The molecule has 0 bridgehead atoms. The van der Waals surface area contributed by atoms with Gasteiger partial charge in [0, 0.05) is 5.39 Å². The Hall–Kier alpha value is -2.31. The number of aromatic amines is 1. The zero-order chi connectivity index (χ0) is 15.0. The van der Waals surface area contributed by atoms with Crippen molar-refractivity contribution in [2.75, 3.05) is 11.1 Å². The molecule has 3 rings (SSSR count). The standard InChI is InChI=1S/C13H9Cl2N5O/c14-9-11(15)17-5-18-12(9)20-13(21)8-4-6-2-1-3-7(16)10(6)19-8/h1-5,19H,16H2,(H,17,18,20,21). The second-order valence-corrected chi connectivity index (χ2v) is 5.01. The lowest BCUT2D eigenvalue weighted by Crippen LogP contribution is -2.14. The highest BCUT2D eigenvalue weighted by Gasteiger charge is 2.14. The summed E-state index contributed by atoms with van der Waals surface area (Å²) in [7, 11) is 0. The van der Waals surface area contributed by atoms with Gasteiger partial charge < -0.3 is 16.0 Å². The second kappa shape index (κ2) is 5.23. The second-order valence-electron chi connectivity index (χ2n) is 4.28. The van der Waals surface area contributed by atoms with Gasteiger partial charge in [0.1, 0.15) is 17.0 Å². The van der Waals surface area contributed by atoms with E-state index in [9.17, 15) is 4.79 Å². The van der Waals surface area contributed by atoms with Crippen LogP contribution in [0.2, 0.25) is 10.2 Å². The average molecular weight is 322 g/mol. The molecule has 8 heteroatoms. The minimum Gasteiger partial charge on any atom is -0.397 e. The van der Waals surface area contributed by atoms with Crippen LogP contribution in [0, 0.1) is 0 Å². The van der Waals surface area contributed by atoms with E-state index in [1.807, 2.05) is 12.1 Å². The van der Waals surface area contributed by atoms with Gasteiger partial charge in [0.05, 0.1) is 11.2 Å². The molecule has 3 aromatic rings. The normalized spacial score (nSPS) is 10.8. The maximum Gasteiger partial charge on any atom is 0.273 e. The zero-order valence-corrected chi connectivity index (χ0v) is 12.0. The molecule has 0 radical (unpaired) electrons. The van der Waals surface area contributed by atoms with E-state index in [1.165, 1.54) is 6.33 Å². The first-order valence-corrected chi connectivity index (χ1v) is 6.66. The summed E-state index contributed by atoms with van der Waals surface area (Å²) in [5.74, 6) is -0.254. The maximum atomic E-state index is 12.2. The Morgan fingerprint density at radius 3 is 2.86 bits per heavy atom. The number of carbonyl (C=O) groups is 1. The number of hydrogen-bond acceptors (Lipinski definition) is 4. The summed E-state index contributed by atoms with van der Waals surface area (Å²) in [4.78, 5) is 22.8. The lowest BCUT2D eigenvalue weighted by molar-refractivity contribution is 0.102. The van der Waals surface area contributed by atoms with E-state index in [0.717, 1.165) is 5.39 Å². The third-order valence-electron chi connectivity index (χ3n) is 2.91. The topological polar surface area (TPSA) is 96.7 Å². The van der Waals surface area contributed by atoms with Gasteiger partial charge in [-0.05, 0) is 12.1 Å². The molecule has 2 heterocycles. The number of nitrogens with one attached hydrogen (secondary N) is 2. The molecule has 0 unspecified atom stereocenters. The number of H-pyrrole nitrogens is 1. The van der Waals surface area contributed by atoms with Gasteiger partial charge in [-0.3, -0.25) is 4.79 Å². The predicted molar refractivity (Wildman–Crippen MR) is 82.7 cm³/mol. The van der Waals surface area contributed by atoms with Gasteiger partial charge in [-0.25, -0.2) is 9.97 Å². The summed E-state index contributed by atoms with van der Waals surface area (Å²) in [6, 6.07) is 7.11. The zero-order valence-electron chi connectivity index (χ0n) is 10.5. The van der Waals surface area contributed by atoms with E-state index in [-0.39, 0.29) is 16.0 Å². The first kappa shape index (κ1) is 13.7. The van der Waals surface area contributed by atoms with Crippen molar-refractivity contribution in [3.8, 4) is 0 Å². The highest BCUT2D eigenvalue weighted by molar-refractivity contribution is 6.43. The molecular formula is C13H9Cl2N5O. The van der Waals surface area contributed by atoms with Crippen LogP contribution >= 0.6 is 23.2 Å². The highest BCUT2D eigenvalue weighted by atomic mass is 35.5. The molecule has 1 aromatic carbocycles. The number of halogens is 2. The van der Waals surface area contributed by atoms with Crippen molar-refractivity contribution in [2.24, 2.45) is 0 Å². The van der Waals surface area contributed by atoms with Crippen molar-refractivity contribution in [2.45, 2.75) is 0 Å². The number of nitrogens with two attached hydrogens (primary N) is 1. The number of nitrogens with zero attached hydrogens (tertiary/aromatic N) is 2. The van der Waals surface area contributed by atoms with Crippen molar-refractivity contribution in [1.82, 2.24) is 15.0 Å². The smallest absolute Gasteiger partial charge is 0.273 e. The number of hydrogen-bond donors (Lipinski definition) is 3. The van der Waals surface area contributed by atoms with Gasteiger partial charge in [-0.15, -0.1) is 0 Å². The summed E-state index contributed by atoms with van der Waals surface area (Å²) >= 11 is 11.7. The molecule has 0 aliphatic rings. The largest absolute Gasteiger partial charge is 0.397 e. The number of anilines is 2. The van der Waals surface area contributed by atoms with Gasteiger partial charge in [0.25, 0.3) is 5.91 Å². The summed E-state index contributed by atoms with van der Waals surface area (Å²) in [6.07, 6.45) is 1.22. The van der Waals surface area contributed by atoms with Crippen LogP contribution in [0.4, 0.5) is 11.5 Å². The molecule has 0 spiro atoms. The number of rotatable bonds is 2. The van der Waals surface area contributed by atoms with E-state index in [2.05, 4.69) is 20.3 Å². The van der Waals surface area contributed by atoms with Crippen LogP contribution in [0.5, 0.6) is 0 Å². The first-order valence-electron chi connectivity index (χ1n) is 5.91. The summed E-state index contributed by atoms with van der Waals surface area (Å²) < 4.78 is 0. The summed E-state index contributed by atoms with van der Waals surface area (Å²) in [6.45, 7) is 0. The minimum absolute atomic E-state index is 0.0721. The van der Waals surface area contributed by atoms with Crippen LogP contribution in [0.15, 0.2) is 30.6 Å².